The van der Waals surface area contributed by atoms with E-state index in [9.17, 15) is 9.59 Å². The van der Waals surface area contributed by atoms with Crippen LogP contribution < -0.4 is 5.69 Å². The van der Waals surface area contributed by atoms with Gasteiger partial charge in [0.1, 0.15) is 0 Å². The lowest BCUT2D eigenvalue weighted by Gasteiger charge is -2.28. The maximum atomic E-state index is 12.4. The summed E-state index contributed by atoms with van der Waals surface area (Å²) >= 11 is 1.36. The fraction of sp³-hybridized carbons (Fsp3) is 0.769. The highest BCUT2D eigenvalue weighted by atomic mass is 32.2. The summed E-state index contributed by atoms with van der Waals surface area (Å²) in [6, 6.07) is 0. The molecule has 1 aromatic heterocycles. The molecule has 2 rings (SSSR count). The molecule has 0 bridgehead atoms. The van der Waals surface area contributed by atoms with Crippen molar-refractivity contribution < 1.29 is 4.79 Å². The molecule has 1 amide bonds. The van der Waals surface area contributed by atoms with Gasteiger partial charge < -0.3 is 4.90 Å². The standard InChI is InChI=1S/C13H22N4O2S/c1-3-7-17-12(19)14-15-13(17)20-10(2)11(18)16-8-5-4-6-9-16/h10H,3-9H2,1-2H3,(H,14,19)/t10-/m0/s1. The minimum Gasteiger partial charge on any atom is -0.342 e. The van der Waals surface area contributed by atoms with E-state index in [4.69, 9.17) is 0 Å². The fourth-order valence-electron chi connectivity index (χ4n) is 2.39. The second kappa shape index (κ2) is 6.97. The van der Waals surface area contributed by atoms with Crippen LogP contribution in [0.1, 0.15) is 39.5 Å². The van der Waals surface area contributed by atoms with Crippen molar-refractivity contribution in [3.8, 4) is 0 Å². The van der Waals surface area contributed by atoms with Crippen LogP contribution in [0.5, 0.6) is 0 Å². The second-order valence-corrected chi connectivity index (χ2v) is 6.42. The monoisotopic (exact) mass is 298 g/mol. The Bertz CT molecular complexity index is 505. The number of nitrogens with one attached hydrogen (secondary N) is 1. The molecule has 0 radical (unpaired) electrons. The first kappa shape index (κ1) is 15.2. The first-order valence-corrected chi connectivity index (χ1v) is 8.12. The third-order valence-electron chi connectivity index (χ3n) is 3.47. The zero-order chi connectivity index (χ0) is 14.5. The van der Waals surface area contributed by atoms with Crippen molar-refractivity contribution in [3.63, 3.8) is 0 Å². The average molecular weight is 298 g/mol. The van der Waals surface area contributed by atoms with Gasteiger partial charge in [0.05, 0.1) is 5.25 Å². The highest BCUT2D eigenvalue weighted by Gasteiger charge is 2.24. The Balaban J connectivity index is 2.01. The van der Waals surface area contributed by atoms with Gasteiger partial charge in [-0.05, 0) is 32.6 Å². The quantitative estimate of drug-likeness (QED) is 0.836. The molecule has 0 spiro atoms. The molecule has 2 heterocycles. The number of aromatic amines is 1. The van der Waals surface area contributed by atoms with Crippen LogP contribution in [0.25, 0.3) is 0 Å². The number of likely N-dealkylation sites (tertiary alicyclic amines) is 1. The van der Waals surface area contributed by atoms with Gasteiger partial charge in [0.15, 0.2) is 5.16 Å². The summed E-state index contributed by atoms with van der Waals surface area (Å²) in [7, 11) is 0. The second-order valence-electron chi connectivity index (χ2n) is 5.11. The molecule has 112 valence electrons. The van der Waals surface area contributed by atoms with Gasteiger partial charge in [0, 0.05) is 19.6 Å². The largest absolute Gasteiger partial charge is 0.343 e. The summed E-state index contributed by atoms with van der Waals surface area (Å²) in [4.78, 5) is 25.9. The minimum absolute atomic E-state index is 0.146. The smallest absolute Gasteiger partial charge is 0.342 e. The van der Waals surface area contributed by atoms with E-state index in [0.717, 1.165) is 32.4 Å². The van der Waals surface area contributed by atoms with Gasteiger partial charge in [-0.15, -0.1) is 5.10 Å². The Morgan fingerprint density at radius 1 is 1.40 bits per heavy atom. The number of thioether (sulfide) groups is 1. The molecule has 7 heteroatoms. The van der Waals surface area contributed by atoms with E-state index >= 15 is 0 Å². The van der Waals surface area contributed by atoms with Crippen molar-refractivity contribution in [1.82, 2.24) is 19.7 Å². The molecule has 1 aliphatic heterocycles. The van der Waals surface area contributed by atoms with Gasteiger partial charge in [-0.3, -0.25) is 9.36 Å². The predicted octanol–water partition coefficient (Wildman–Crippen LogP) is 1.47. The fourth-order valence-corrected chi connectivity index (χ4v) is 3.36. The number of hydrogen-bond donors (Lipinski definition) is 1. The minimum atomic E-state index is -0.209. The molecule has 20 heavy (non-hydrogen) atoms. The van der Waals surface area contributed by atoms with Crippen LogP contribution in [0.15, 0.2) is 9.95 Å². The Morgan fingerprint density at radius 2 is 2.10 bits per heavy atom. The lowest BCUT2D eigenvalue weighted by molar-refractivity contribution is -0.131. The van der Waals surface area contributed by atoms with E-state index in [-0.39, 0.29) is 16.8 Å². The number of rotatable bonds is 5. The third kappa shape index (κ3) is 3.45. The van der Waals surface area contributed by atoms with Crippen LogP contribution >= 0.6 is 11.8 Å². The van der Waals surface area contributed by atoms with Gasteiger partial charge in [-0.25, -0.2) is 9.89 Å². The molecule has 1 saturated heterocycles. The Kier molecular flexibility index (Phi) is 5.28. The number of carbonyl (C=O) groups is 1. The highest BCUT2D eigenvalue weighted by molar-refractivity contribution is 8.00. The van der Waals surface area contributed by atoms with Crippen molar-refractivity contribution >= 4 is 17.7 Å². The normalized spacial score (nSPS) is 17.2. The van der Waals surface area contributed by atoms with Gasteiger partial charge >= 0.3 is 5.69 Å². The molecular formula is C13H22N4O2S. The van der Waals surface area contributed by atoms with E-state index in [1.807, 2.05) is 18.7 Å². The van der Waals surface area contributed by atoms with Gasteiger partial charge in [0.25, 0.3) is 0 Å². The number of piperidine rings is 1. The van der Waals surface area contributed by atoms with E-state index in [1.165, 1.54) is 18.2 Å². The maximum Gasteiger partial charge on any atom is 0.343 e. The van der Waals surface area contributed by atoms with Crippen molar-refractivity contribution in [1.29, 1.82) is 0 Å². The summed E-state index contributed by atoms with van der Waals surface area (Å²) in [6.07, 6.45) is 4.25. The lowest BCUT2D eigenvalue weighted by Crippen LogP contribution is -2.40. The Morgan fingerprint density at radius 3 is 2.75 bits per heavy atom. The lowest BCUT2D eigenvalue weighted by atomic mass is 10.1. The van der Waals surface area contributed by atoms with Crippen molar-refractivity contribution in [2.75, 3.05) is 13.1 Å². The SMILES string of the molecule is CCCn1c(S[C@@H](C)C(=O)N2CCCCC2)n[nH]c1=O. The molecule has 1 atom stereocenters. The number of amides is 1. The molecule has 0 unspecified atom stereocenters. The van der Waals surface area contributed by atoms with Crippen molar-refractivity contribution in [3.05, 3.63) is 10.5 Å². The Labute approximate surface area is 122 Å². The molecule has 1 aliphatic rings. The number of aromatic nitrogens is 3. The van der Waals surface area contributed by atoms with Gasteiger partial charge in [0.2, 0.25) is 5.91 Å². The molecule has 0 aromatic carbocycles. The maximum absolute atomic E-state index is 12.4. The van der Waals surface area contributed by atoms with Crippen LogP contribution in [-0.4, -0.2) is 43.9 Å². The summed E-state index contributed by atoms with van der Waals surface area (Å²) in [5, 5.41) is 6.87. The molecule has 6 nitrogen and oxygen atoms in total. The van der Waals surface area contributed by atoms with Crippen LogP contribution in [0.4, 0.5) is 0 Å². The zero-order valence-electron chi connectivity index (χ0n) is 12.1. The molecule has 1 fully saturated rings. The highest BCUT2D eigenvalue weighted by Crippen LogP contribution is 2.23. The van der Waals surface area contributed by atoms with Crippen LogP contribution in [0.3, 0.4) is 0 Å². The molecular weight excluding hydrogens is 276 g/mol. The third-order valence-corrected chi connectivity index (χ3v) is 4.55. The van der Waals surface area contributed by atoms with Gasteiger partial charge in [-0.2, -0.15) is 0 Å². The summed E-state index contributed by atoms with van der Waals surface area (Å²) < 4.78 is 1.60. The van der Waals surface area contributed by atoms with E-state index in [1.54, 1.807) is 4.57 Å². The molecule has 0 aliphatic carbocycles. The average Bonchev–Trinajstić information content (AvgIpc) is 2.81. The first-order valence-electron chi connectivity index (χ1n) is 7.24. The van der Waals surface area contributed by atoms with E-state index in [0.29, 0.717) is 11.7 Å². The molecule has 0 saturated carbocycles. The number of nitrogens with zero attached hydrogens (tertiary/aromatic N) is 3. The number of H-pyrrole nitrogens is 1. The summed E-state index contributed by atoms with van der Waals surface area (Å²) in [6.45, 7) is 6.23. The number of hydrogen-bond acceptors (Lipinski definition) is 4. The van der Waals surface area contributed by atoms with E-state index in [2.05, 4.69) is 10.2 Å². The van der Waals surface area contributed by atoms with Crippen molar-refractivity contribution in [2.45, 2.75) is 56.5 Å². The van der Waals surface area contributed by atoms with Crippen LogP contribution in [-0.2, 0) is 11.3 Å². The van der Waals surface area contributed by atoms with Gasteiger partial charge in [-0.1, -0.05) is 18.7 Å². The van der Waals surface area contributed by atoms with E-state index < -0.39 is 0 Å². The summed E-state index contributed by atoms with van der Waals surface area (Å²) in [5.74, 6) is 0.146. The predicted molar refractivity (Wildman–Crippen MR) is 78.9 cm³/mol. The topological polar surface area (TPSA) is 71.0 Å². The van der Waals surface area contributed by atoms with Crippen LogP contribution in [0.2, 0.25) is 0 Å². The summed E-state index contributed by atoms with van der Waals surface area (Å²) in [5.41, 5.74) is -0.202. The first-order chi connectivity index (χ1) is 9.63. The Hall–Kier alpha value is -1.24. The van der Waals surface area contributed by atoms with Crippen LogP contribution in [0, 0.1) is 0 Å². The van der Waals surface area contributed by atoms with Crippen molar-refractivity contribution in [2.24, 2.45) is 0 Å². The zero-order valence-corrected chi connectivity index (χ0v) is 12.9. The number of carbonyl (C=O) groups excluding carboxylic acids is 1. The molecule has 1 aromatic rings. The molecule has 1 N–H and O–H groups in total.